The summed E-state index contributed by atoms with van der Waals surface area (Å²) >= 11 is 0. The van der Waals surface area contributed by atoms with Crippen LogP contribution in [0.25, 0.3) is 0 Å². The second-order valence-electron chi connectivity index (χ2n) is 6.84. The number of nitrogens with one attached hydrogen (secondary N) is 1. The fourth-order valence-electron chi connectivity index (χ4n) is 3.92. The van der Waals surface area contributed by atoms with Gasteiger partial charge < -0.3 is 10.1 Å². The highest BCUT2D eigenvalue weighted by Crippen LogP contribution is 2.42. The first-order valence-electron chi connectivity index (χ1n) is 8.12. The van der Waals surface area contributed by atoms with Gasteiger partial charge in [0, 0.05) is 13.1 Å². The van der Waals surface area contributed by atoms with E-state index in [-0.39, 0.29) is 11.2 Å². The normalized spacial score (nSPS) is 38.0. The maximum absolute atomic E-state index is 6.72. The maximum atomic E-state index is 6.72. The third-order valence-electron chi connectivity index (χ3n) is 5.33. The van der Waals surface area contributed by atoms with Crippen molar-refractivity contribution in [3.63, 3.8) is 0 Å². The molecule has 0 bridgehead atoms. The molecule has 1 saturated heterocycles. The van der Waals surface area contributed by atoms with Crippen LogP contribution < -0.4 is 5.32 Å². The Morgan fingerprint density at radius 1 is 1.15 bits per heavy atom. The van der Waals surface area contributed by atoms with Crippen LogP contribution in [0.2, 0.25) is 0 Å². The average Bonchev–Trinajstić information content (AvgIpc) is 2.49. The third kappa shape index (κ3) is 2.64. The molecular formula is C18H27NO. The first-order valence-corrected chi connectivity index (χ1v) is 8.12. The first-order chi connectivity index (χ1) is 9.66. The number of morpholine rings is 1. The Bertz CT molecular complexity index is 436. The van der Waals surface area contributed by atoms with E-state index in [2.05, 4.69) is 49.5 Å². The SMILES string of the molecule is CCC1CCC2(CC1)CNCC(C)(c1ccccc1)O2. The molecule has 1 aromatic rings. The lowest BCUT2D eigenvalue weighted by molar-refractivity contribution is -0.192. The topological polar surface area (TPSA) is 21.3 Å². The number of hydrogen-bond acceptors (Lipinski definition) is 2. The second-order valence-corrected chi connectivity index (χ2v) is 6.84. The highest BCUT2D eigenvalue weighted by molar-refractivity contribution is 5.23. The molecule has 2 aliphatic rings. The summed E-state index contributed by atoms with van der Waals surface area (Å²) in [5, 5.41) is 3.64. The maximum Gasteiger partial charge on any atom is 0.103 e. The summed E-state index contributed by atoms with van der Waals surface area (Å²) in [5.41, 5.74) is 1.18. The van der Waals surface area contributed by atoms with Crippen molar-refractivity contribution in [3.05, 3.63) is 35.9 Å². The smallest absolute Gasteiger partial charge is 0.103 e. The van der Waals surface area contributed by atoms with Gasteiger partial charge in [-0.3, -0.25) is 0 Å². The van der Waals surface area contributed by atoms with Crippen molar-refractivity contribution in [2.75, 3.05) is 13.1 Å². The summed E-state index contributed by atoms with van der Waals surface area (Å²) in [7, 11) is 0. The van der Waals surface area contributed by atoms with E-state index in [9.17, 15) is 0 Å². The molecule has 1 spiro atoms. The zero-order valence-electron chi connectivity index (χ0n) is 12.8. The van der Waals surface area contributed by atoms with E-state index >= 15 is 0 Å². The highest BCUT2D eigenvalue weighted by atomic mass is 16.5. The van der Waals surface area contributed by atoms with Gasteiger partial charge >= 0.3 is 0 Å². The van der Waals surface area contributed by atoms with Crippen molar-refractivity contribution in [2.24, 2.45) is 5.92 Å². The van der Waals surface area contributed by atoms with Crippen LogP contribution >= 0.6 is 0 Å². The van der Waals surface area contributed by atoms with Gasteiger partial charge in [-0.15, -0.1) is 0 Å². The van der Waals surface area contributed by atoms with Crippen LogP contribution in [-0.4, -0.2) is 18.7 Å². The molecule has 110 valence electrons. The quantitative estimate of drug-likeness (QED) is 0.883. The zero-order chi connectivity index (χ0) is 14.1. The monoisotopic (exact) mass is 273 g/mol. The molecule has 0 radical (unpaired) electrons. The Morgan fingerprint density at radius 3 is 2.50 bits per heavy atom. The van der Waals surface area contributed by atoms with Crippen molar-refractivity contribution >= 4 is 0 Å². The molecule has 2 heteroatoms. The second kappa shape index (κ2) is 5.50. The number of hydrogen-bond donors (Lipinski definition) is 1. The van der Waals surface area contributed by atoms with Gasteiger partial charge in [0.1, 0.15) is 5.60 Å². The van der Waals surface area contributed by atoms with E-state index in [0.29, 0.717) is 0 Å². The molecule has 1 heterocycles. The van der Waals surface area contributed by atoms with Gasteiger partial charge in [0.15, 0.2) is 0 Å². The Morgan fingerprint density at radius 2 is 1.85 bits per heavy atom. The average molecular weight is 273 g/mol. The fraction of sp³-hybridized carbons (Fsp3) is 0.667. The van der Waals surface area contributed by atoms with E-state index in [4.69, 9.17) is 4.74 Å². The molecule has 1 atom stereocenters. The van der Waals surface area contributed by atoms with E-state index in [0.717, 1.165) is 19.0 Å². The molecule has 1 saturated carbocycles. The molecule has 1 aliphatic heterocycles. The van der Waals surface area contributed by atoms with Crippen molar-refractivity contribution in [2.45, 2.75) is 57.2 Å². The summed E-state index contributed by atoms with van der Waals surface area (Å²) in [5.74, 6) is 0.911. The summed E-state index contributed by atoms with van der Waals surface area (Å²) in [4.78, 5) is 0. The number of benzene rings is 1. The van der Waals surface area contributed by atoms with Gasteiger partial charge in [-0.1, -0.05) is 43.7 Å². The van der Waals surface area contributed by atoms with E-state index < -0.39 is 0 Å². The molecular weight excluding hydrogens is 246 g/mol. The van der Waals surface area contributed by atoms with Gasteiger partial charge in [0.25, 0.3) is 0 Å². The third-order valence-corrected chi connectivity index (χ3v) is 5.33. The van der Waals surface area contributed by atoms with E-state index in [1.807, 2.05) is 0 Å². The first kappa shape index (κ1) is 14.1. The van der Waals surface area contributed by atoms with Crippen molar-refractivity contribution in [3.8, 4) is 0 Å². The van der Waals surface area contributed by atoms with Crippen LogP contribution in [0.1, 0.15) is 51.5 Å². The van der Waals surface area contributed by atoms with Crippen LogP contribution in [-0.2, 0) is 10.3 Å². The largest absolute Gasteiger partial charge is 0.361 e. The van der Waals surface area contributed by atoms with Crippen LogP contribution in [0.4, 0.5) is 0 Å². The molecule has 2 fully saturated rings. The van der Waals surface area contributed by atoms with Gasteiger partial charge in [-0.05, 0) is 44.1 Å². The van der Waals surface area contributed by atoms with Gasteiger partial charge in [-0.2, -0.15) is 0 Å². The lowest BCUT2D eigenvalue weighted by atomic mass is 9.76. The molecule has 1 aliphatic carbocycles. The highest BCUT2D eigenvalue weighted by Gasteiger charge is 2.45. The molecule has 0 aromatic heterocycles. The zero-order valence-corrected chi connectivity index (χ0v) is 12.8. The summed E-state index contributed by atoms with van der Waals surface area (Å²) in [6, 6.07) is 10.7. The number of rotatable bonds is 2. The molecule has 0 amide bonds. The molecule has 1 unspecified atom stereocenters. The summed E-state index contributed by atoms with van der Waals surface area (Å²) < 4.78 is 6.72. The minimum Gasteiger partial charge on any atom is -0.361 e. The Kier molecular flexibility index (Phi) is 3.87. The predicted molar refractivity (Wildman–Crippen MR) is 82.7 cm³/mol. The fourth-order valence-corrected chi connectivity index (χ4v) is 3.92. The predicted octanol–water partition coefficient (Wildman–Crippen LogP) is 3.86. The van der Waals surface area contributed by atoms with Gasteiger partial charge in [0.05, 0.1) is 5.60 Å². The molecule has 20 heavy (non-hydrogen) atoms. The van der Waals surface area contributed by atoms with Crippen molar-refractivity contribution < 1.29 is 4.74 Å². The number of ether oxygens (including phenoxy) is 1. The molecule has 3 rings (SSSR count). The molecule has 1 N–H and O–H groups in total. The van der Waals surface area contributed by atoms with E-state index in [1.165, 1.54) is 37.7 Å². The van der Waals surface area contributed by atoms with Crippen molar-refractivity contribution in [1.82, 2.24) is 5.32 Å². The Balaban J connectivity index is 1.77. The molecule has 1 aromatic carbocycles. The van der Waals surface area contributed by atoms with Gasteiger partial charge in [0.2, 0.25) is 0 Å². The Hall–Kier alpha value is -0.860. The van der Waals surface area contributed by atoms with Crippen molar-refractivity contribution in [1.29, 1.82) is 0 Å². The van der Waals surface area contributed by atoms with Gasteiger partial charge in [-0.25, -0.2) is 0 Å². The molecule has 2 nitrogen and oxygen atoms in total. The van der Waals surface area contributed by atoms with Crippen LogP contribution in [0.5, 0.6) is 0 Å². The lowest BCUT2D eigenvalue weighted by Gasteiger charge is -2.50. The van der Waals surface area contributed by atoms with E-state index in [1.54, 1.807) is 0 Å². The minimum atomic E-state index is -0.182. The summed E-state index contributed by atoms with van der Waals surface area (Å²) in [6.07, 6.45) is 6.38. The summed E-state index contributed by atoms with van der Waals surface area (Å²) in [6.45, 7) is 6.49. The Labute approximate surface area is 122 Å². The standard InChI is InChI=1S/C18H27NO/c1-3-15-9-11-18(12-10-15)14-19-13-17(2,20-18)16-7-5-4-6-8-16/h4-8,15,19H,3,9-14H2,1-2H3. The minimum absolute atomic E-state index is 0.0640. The lowest BCUT2D eigenvalue weighted by Crippen LogP contribution is -2.58. The van der Waals surface area contributed by atoms with Crippen LogP contribution in [0.3, 0.4) is 0 Å². The van der Waals surface area contributed by atoms with Crippen LogP contribution in [0.15, 0.2) is 30.3 Å². The van der Waals surface area contributed by atoms with Crippen LogP contribution in [0, 0.1) is 5.92 Å².